The molecule has 1 aromatic carbocycles. The van der Waals surface area contributed by atoms with Crippen LogP contribution >= 0.6 is 11.6 Å². The number of carbonyl (C=O) groups excluding carboxylic acids is 3. The zero-order valence-corrected chi connectivity index (χ0v) is 16.2. The van der Waals surface area contributed by atoms with Gasteiger partial charge < -0.3 is 10.6 Å². The molecular weight excluding hydrogens is 382 g/mol. The fourth-order valence-corrected chi connectivity index (χ4v) is 2.27. The second-order valence-electron chi connectivity index (χ2n) is 6.02. The van der Waals surface area contributed by atoms with Crippen molar-refractivity contribution in [3.05, 3.63) is 58.9 Å². The highest BCUT2D eigenvalue weighted by atomic mass is 35.5. The van der Waals surface area contributed by atoms with E-state index in [1.54, 1.807) is 43.6 Å². The lowest BCUT2D eigenvalue weighted by molar-refractivity contribution is -0.136. The van der Waals surface area contributed by atoms with Gasteiger partial charge in [-0.1, -0.05) is 23.7 Å². The number of hydrogen-bond donors (Lipinski definition) is 3. The zero-order chi connectivity index (χ0) is 20.5. The molecule has 0 saturated carbocycles. The summed E-state index contributed by atoms with van der Waals surface area (Å²) < 4.78 is 0. The number of rotatable bonds is 6. The Balaban J connectivity index is 1.78. The summed E-state index contributed by atoms with van der Waals surface area (Å²) in [5, 5.41) is 9.39. The number of nitrogens with zero attached hydrogens (tertiary/aromatic N) is 2. The molecule has 0 aliphatic rings. The number of aryl methyl sites for hydroxylation is 1. The number of aromatic nitrogens is 1. The maximum absolute atomic E-state index is 11.9. The molecule has 0 saturated heterocycles. The normalized spacial score (nSPS) is 10.9. The van der Waals surface area contributed by atoms with E-state index in [4.69, 9.17) is 11.6 Å². The van der Waals surface area contributed by atoms with E-state index in [1.165, 1.54) is 0 Å². The number of anilines is 1. The van der Waals surface area contributed by atoms with Crippen LogP contribution in [0.3, 0.4) is 0 Å². The molecule has 2 aromatic rings. The Bertz CT molecular complexity index is 900. The zero-order valence-electron chi connectivity index (χ0n) is 15.5. The molecule has 0 atom stereocenters. The summed E-state index contributed by atoms with van der Waals surface area (Å²) >= 11 is 5.98. The van der Waals surface area contributed by atoms with Gasteiger partial charge in [0.2, 0.25) is 5.91 Å². The molecule has 28 heavy (non-hydrogen) atoms. The van der Waals surface area contributed by atoms with Gasteiger partial charge in [0.1, 0.15) is 0 Å². The third-order valence-electron chi connectivity index (χ3n) is 3.61. The lowest BCUT2D eigenvalue weighted by Crippen LogP contribution is -2.33. The average molecular weight is 402 g/mol. The van der Waals surface area contributed by atoms with Crippen molar-refractivity contribution in [1.29, 1.82) is 0 Å². The molecular formula is C19H20ClN5O3. The van der Waals surface area contributed by atoms with E-state index in [0.29, 0.717) is 23.0 Å². The van der Waals surface area contributed by atoms with Gasteiger partial charge in [0, 0.05) is 35.4 Å². The first-order valence-corrected chi connectivity index (χ1v) is 8.79. The Hall–Kier alpha value is -3.26. The molecule has 2 rings (SSSR count). The largest absolute Gasteiger partial charge is 0.352 e. The lowest BCUT2D eigenvalue weighted by atomic mass is 10.2. The maximum atomic E-state index is 11.9. The Morgan fingerprint density at radius 1 is 1.18 bits per heavy atom. The number of nitrogens with one attached hydrogen (secondary N) is 3. The predicted molar refractivity (Wildman–Crippen MR) is 107 cm³/mol. The van der Waals surface area contributed by atoms with Gasteiger partial charge in [-0.05, 0) is 43.2 Å². The fraction of sp³-hybridized carbons (Fsp3) is 0.211. The van der Waals surface area contributed by atoms with E-state index in [9.17, 15) is 14.4 Å². The van der Waals surface area contributed by atoms with E-state index in [0.717, 1.165) is 11.1 Å². The van der Waals surface area contributed by atoms with Gasteiger partial charge in [-0.15, -0.1) is 0 Å². The molecule has 9 heteroatoms. The average Bonchev–Trinajstić information content (AvgIpc) is 2.68. The van der Waals surface area contributed by atoms with E-state index in [1.807, 2.05) is 13.0 Å². The summed E-state index contributed by atoms with van der Waals surface area (Å²) in [6.07, 6.45) is 3.28. The summed E-state index contributed by atoms with van der Waals surface area (Å²) in [5.41, 5.74) is 4.59. The SMILES string of the molecule is C/C(CC(=O)NCc1cccnc1)=N\NC(=O)C(=O)Nc1ccc(C)c(Cl)c1. The van der Waals surface area contributed by atoms with E-state index < -0.39 is 11.8 Å². The second kappa shape index (κ2) is 10.2. The standard InChI is InChI=1S/C19H20ClN5O3/c1-12-5-6-15(9-16(12)20)23-18(27)19(28)25-24-13(2)8-17(26)22-11-14-4-3-7-21-10-14/h3-7,9-10H,8,11H2,1-2H3,(H,22,26)(H,23,27)(H,25,28)/b24-13+. The number of pyridine rings is 1. The van der Waals surface area contributed by atoms with Gasteiger partial charge in [0.05, 0.1) is 6.42 Å². The van der Waals surface area contributed by atoms with Crippen molar-refractivity contribution in [2.24, 2.45) is 5.10 Å². The van der Waals surface area contributed by atoms with Crippen LogP contribution in [0.5, 0.6) is 0 Å². The number of amides is 3. The summed E-state index contributed by atoms with van der Waals surface area (Å²) in [4.78, 5) is 39.6. The van der Waals surface area contributed by atoms with Gasteiger partial charge in [0.15, 0.2) is 0 Å². The van der Waals surface area contributed by atoms with E-state index in [2.05, 4.69) is 26.1 Å². The van der Waals surface area contributed by atoms with E-state index in [-0.39, 0.29) is 12.3 Å². The van der Waals surface area contributed by atoms with Crippen molar-refractivity contribution in [1.82, 2.24) is 15.7 Å². The van der Waals surface area contributed by atoms with Gasteiger partial charge >= 0.3 is 11.8 Å². The summed E-state index contributed by atoms with van der Waals surface area (Å²) in [5.74, 6) is -2.11. The number of hydrazone groups is 1. The first-order chi connectivity index (χ1) is 13.3. The predicted octanol–water partition coefficient (Wildman–Crippen LogP) is 2.18. The molecule has 0 radical (unpaired) electrons. The Kier molecular flexibility index (Phi) is 7.65. The van der Waals surface area contributed by atoms with E-state index >= 15 is 0 Å². The topological polar surface area (TPSA) is 113 Å². The highest BCUT2D eigenvalue weighted by Crippen LogP contribution is 2.19. The third-order valence-corrected chi connectivity index (χ3v) is 4.02. The van der Waals surface area contributed by atoms with Gasteiger partial charge in [0.25, 0.3) is 0 Å². The van der Waals surface area contributed by atoms with Crippen LogP contribution in [0.1, 0.15) is 24.5 Å². The van der Waals surface area contributed by atoms with Crippen LogP contribution in [-0.2, 0) is 20.9 Å². The van der Waals surface area contributed by atoms with Crippen molar-refractivity contribution < 1.29 is 14.4 Å². The third kappa shape index (κ3) is 6.81. The minimum atomic E-state index is -0.952. The van der Waals surface area contributed by atoms with Crippen LogP contribution in [0, 0.1) is 6.92 Å². The van der Waals surface area contributed by atoms with Crippen molar-refractivity contribution in [2.75, 3.05) is 5.32 Å². The van der Waals surface area contributed by atoms with Gasteiger partial charge in [-0.2, -0.15) is 5.10 Å². The molecule has 0 spiro atoms. The molecule has 0 aliphatic heterocycles. The number of benzene rings is 1. The lowest BCUT2D eigenvalue weighted by Gasteiger charge is -2.07. The number of hydrogen-bond acceptors (Lipinski definition) is 5. The second-order valence-corrected chi connectivity index (χ2v) is 6.43. The molecule has 0 bridgehead atoms. The van der Waals surface area contributed by atoms with Gasteiger partial charge in [-0.25, -0.2) is 5.43 Å². The monoisotopic (exact) mass is 401 g/mol. The van der Waals surface area contributed by atoms with Crippen molar-refractivity contribution in [3.8, 4) is 0 Å². The fourth-order valence-electron chi connectivity index (χ4n) is 2.09. The van der Waals surface area contributed by atoms with Crippen LogP contribution in [-0.4, -0.2) is 28.4 Å². The highest BCUT2D eigenvalue weighted by molar-refractivity contribution is 6.40. The first-order valence-electron chi connectivity index (χ1n) is 8.41. The number of carbonyl (C=O) groups is 3. The smallest absolute Gasteiger partial charge is 0.329 e. The van der Waals surface area contributed by atoms with Crippen LogP contribution in [0.4, 0.5) is 5.69 Å². The Morgan fingerprint density at radius 3 is 2.64 bits per heavy atom. The van der Waals surface area contributed by atoms with Crippen LogP contribution in [0.25, 0.3) is 0 Å². The molecule has 3 N–H and O–H groups in total. The minimum Gasteiger partial charge on any atom is -0.352 e. The minimum absolute atomic E-state index is 0.0181. The Morgan fingerprint density at radius 2 is 1.96 bits per heavy atom. The van der Waals surface area contributed by atoms with Crippen LogP contribution < -0.4 is 16.1 Å². The van der Waals surface area contributed by atoms with Gasteiger partial charge in [-0.3, -0.25) is 19.4 Å². The summed E-state index contributed by atoms with van der Waals surface area (Å²) in [7, 11) is 0. The molecule has 1 aromatic heterocycles. The van der Waals surface area contributed by atoms with Crippen LogP contribution in [0.15, 0.2) is 47.8 Å². The summed E-state index contributed by atoms with van der Waals surface area (Å²) in [6.45, 7) is 3.74. The quantitative estimate of drug-likeness (QED) is 0.391. The maximum Gasteiger partial charge on any atom is 0.329 e. The summed E-state index contributed by atoms with van der Waals surface area (Å²) in [6, 6.07) is 8.52. The Labute approximate surface area is 167 Å². The van der Waals surface area contributed by atoms with Crippen molar-refractivity contribution in [3.63, 3.8) is 0 Å². The molecule has 146 valence electrons. The van der Waals surface area contributed by atoms with Crippen molar-refractivity contribution in [2.45, 2.75) is 26.8 Å². The molecule has 0 aliphatic carbocycles. The molecule has 0 unspecified atom stereocenters. The molecule has 3 amide bonds. The molecule has 8 nitrogen and oxygen atoms in total. The first kappa shape index (κ1) is 21.0. The molecule has 1 heterocycles. The van der Waals surface area contributed by atoms with Crippen LogP contribution in [0.2, 0.25) is 5.02 Å². The highest BCUT2D eigenvalue weighted by Gasteiger charge is 2.14. The molecule has 0 fully saturated rings. The number of halogens is 1. The van der Waals surface area contributed by atoms with Crippen molar-refractivity contribution >= 4 is 40.7 Å².